The molecule has 7 nitrogen and oxygen atoms in total. The quantitative estimate of drug-likeness (QED) is 0.683. The molecule has 3 rings (SSSR count). The number of carboxylic acid groups (broad SMARTS) is 1. The van der Waals surface area contributed by atoms with Crippen LogP contribution in [-0.4, -0.2) is 40.4 Å². The molecule has 2 N–H and O–H groups in total. The van der Waals surface area contributed by atoms with Gasteiger partial charge in [0.1, 0.15) is 23.4 Å². The summed E-state index contributed by atoms with van der Waals surface area (Å²) in [7, 11) is 0. The topological polar surface area (TPSA) is 118 Å². The molecule has 0 heterocycles. The number of amides is 1. The SMILES string of the molecule is CC(C)[C@H](NC(=O)CC[C@@]1(C)C(=O)CC[C@@H]2[C@@H]1C(=O)C[C@]1(C)C(=O)CC[C@@H]21)C(=O)O. The number of carbonyl (C=O) groups is 5. The van der Waals surface area contributed by atoms with E-state index in [9.17, 15) is 29.1 Å². The molecule has 30 heavy (non-hydrogen) atoms. The molecule has 6 atom stereocenters. The summed E-state index contributed by atoms with van der Waals surface area (Å²) in [6.45, 7) is 7.13. The van der Waals surface area contributed by atoms with Gasteiger partial charge in [0.05, 0.1) is 0 Å². The molecule has 0 aliphatic heterocycles. The van der Waals surface area contributed by atoms with E-state index in [0.29, 0.717) is 19.3 Å². The van der Waals surface area contributed by atoms with Crippen LogP contribution >= 0.6 is 0 Å². The Hall–Kier alpha value is -2.05. The predicted octanol–water partition coefficient (Wildman–Crippen LogP) is 2.55. The summed E-state index contributed by atoms with van der Waals surface area (Å²) in [6.07, 6.45) is 2.64. The van der Waals surface area contributed by atoms with Gasteiger partial charge in [-0.25, -0.2) is 4.79 Å². The van der Waals surface area contributed by atoms with Gasteiger partial charge in [-0.1, -0.05) is 27.7 Å². The summed E-state index contributed by atoms with van der Waals surface area (Å²) in [5, 5.41) is 11.8. The maximum absolute atomic E-state index is 13.2. The third kappa shape index (κ3) is 3.60. The number of ketones is 3. The Labute approximate surface area is 177 Å². The molecule has 0 saturated heterocycles. The zero-order chi connectivity index (χ0) is 22.4. The van der Waals surface area contributed by atoms with Crippen molar-refractivity contribution >= 4 is 29.2 Å². The number of hydrogen-bond donors (Lipinski definition) is 2. The molecular weight excluding hydrogens is 386 g/mol. The monoisotopic (exact) mass is 419 g/mol. The van der Waals surface area contributed by atoms with Crippen LogP contribution < -0.4 is 5.32 Å². The Morgan fingerprint density at radius 3 is 2.33 bits per heavy atom. The molecule has 0 bridgehead atoms. The average molecular weight is 420 g/mol. The second-order valence-electron chi connectivity index (χ2n) is 10.3. The predicted molar refractivity (Wildman–Crippen MR) is 108 cm³/mol. The standard InChI is InChI=1S/C23H33NO6/c1-12(2)20(21(29)30)24-18(28)9-10-22(3)16(26)7-5-13-14-6-8-17(27)23(14,4)11-15(25)19(13)22/h12-14,19-20H,5-11H2,1-4H3,(H,24,28)(H,29,30)/t13-,14-,19+,20-,22-,23-/m0/s1. The van der Waals surface area contributed by atoms with Gasteiger partial charge in [-0.05, 0) is 37.0 Å². The van der Waals surface area contributed by atoms with E-state index in [-0.39, 0.29) is 54.4 Å². The number of Topliss-reactive ketones (excluding diaryl/α,β-unsaturated/α-hetero) is 3. The Kier molecular flexibility index (Phi) is 5.95. The van der Waals surface area contributed by atoms with Gasteiger partial charge >= 0.3 is 5.97 Å². The lowest BCUT2D eigenvalue weighted by Crippen LogP contribution is -2.56. The molecule has 3 saturated carbocycles. The largest absolute Gasteiger partial charge is 0.480 e. The summed E-state index contributed by atoms with van der Waals surface area (Å²) in [4.78, 5) is 62.5. The number of hydrogen-bond acceptors (Lipinski definition) is 5. The number of carbonyl (C=O) groups excluding carboxylic acids is 4. The Bertz CT molecular complexity index is 789. The van der Waals surface area contributed by atoms with E-state index < -0.39 is 34.7 Å². The van der Waals surface area contributed by atoms with E-state index in [2.05, 4.69) is 5.32 Å². The fraction of sp³-hybridized carbons (Fsp3) is 0.783. The number of carboxylic acids is 1. The van der Waals surface area contributed by atoms with Crippen molar-refractivity contribution in [2.75, 3.05) is 0 Å². The fourth-order valence-electron chi connectivity index (χ4n) is 6.34. The van der Waals surface area contributed by atoms with Gasteiger partial charge in [0, 0.05) is 42.4 Å². The van der Waals surface area contributed by atoms with Crippen LogP contribution in [0.1, 0.15) is 72.6 Å². The molecule has 3 aliphatic carbocycles. The number of nitrogens with one attached hydrogen (secondary N) is 1. The summed E-state index contributed by atoms with van der Waals surface area (Å²) < 4.78 is 0. The van der Waals surface area contributed by atoms with Gasteiger partial charge in [0.15, 0.2) is 0 Å². The normalized spacial score (nSPS) is 37.0. The van der Waals surface area contributed by atoms with Gasteiger partial charge in [-0.2, -0.15) is 0 Å². The lowest BCUT2D eigenvalue weighted by molar-refractivity contribution is -0.160. The minimum Gasteiger partial charge on any atom is -0.480 e. The first kappa shape index (κ1) is 22.6. The van der Waals surface area contributed by atoms with Crippen LogP contribution in [0, 0.1) is 34.5 Å². The van der Waals surface area contributed by atoms with Crippen LogP contribution in [0.4, 0.5) is 0 Å². The van der Waals surface area contributed by atoms with E-state index in [1.807, 2.05) is 6.92 Å². The third-order valence-electron chi connectivity index (χ3n) is 8.12. The summed E-state index contributed by atoms with van der Waals surface area (Å²) in [5.41, 5.74) is -1.55. The van der Waals surface area contributed by atoms with E-state index in [0.717, 1.165) is 6.42 Å². The molecule has 0 aromatic heterocycles. The smallest absolute Gasteiger partial charge is 0.326 e. The first-order valence-electron chi connectivity index (χ1n) is 11.0. The minimum atomic E-state index is -1.09. The van der Waals surface area contributed by atoms with Crippen molar-refractivity contribution in [1.29, 1.82) is 0 Å². The van der Waals surface area contributed by atoms with Crippen molar-refractivity contribution in [2.45, 2.75) is 78.7 Å². The van der Waals surface area contributed by atoms with Crippen LogP contribution in [0.3, 0.4) is 0 Å². The molecule has 0 aromatic carbocycles. The van der Waals surface area contributed by atoms with Gasteiger partial charge in [0.25, 0.3) is 0 Å². The molecule has 0 aromatic rings. The molecule has 0 spiro atoms. The maximum atomic E-state index is 13.2. The maximum Gasteiger partial charge on any atom is 0.326 e. The second kappa shape index (κ2) is 7.89. The average Bonchev–Trinajstić information content (AvgIpc) is 2.94. The molecule has 0 radical (unpaired) electrons. The van der Waals surface area contributed by atoms with Gasteiger partial charge < -0.3 is 10.4 Å². The highest BCUT2D eigenvalue weighted by atomic mass is 16.4. The van der Waals surface area contributed by atoms with Crippen molar-refractivity contribution in [3.63, 3.8) is 0 Å². The first-order chi connectivity index (χ1) is 13.9. The number of rotatable bonds is 6. The van der Waals surface area contributed by atoms with E-state index in [4.69, 9.17) is 0 Å². The molecular formula is C23H33NO6. The van der Waals surface area contributed by atoms with Gasteiger partial charge in [0.2, 0.25) is 5.91 Å². The molecule has 3 aliphatic rings. The van der Waals surface area contributed by atoms with E-state index in [1.165, 1.54) is 0 Å². The number of aliphatic carboxylic acids is 1. The Morgan fingerprint density at radius 1 is 1.10 bits per heavy atom. The van der Waals surface area contributed by atoms with Gasteiger partial charge in [-0.15, -0.1) is 0 Å². The first-order valence-corrected chi connectivity index (χ1v) is 11.0. The van der Waals surface area contributed by atoms with Crippen molar-refractivity contribution in [3.8, 4) is 0 Å². The molecule has 1 amide bonds. The molecule has 3 fully saturated rings. The third-order valence-corrected chi connectivity index (χ3v) is 8.12. The number of fused-ring (bicyclic) bond motifs is 3. The second-order valence-corrected chi connectivity index (χ2v) is 10.3. The van der Waals surface area contributed by atoms with Crippen molar-refractivity contribution in [1.82, 2.24) is 5.32 Å². The van der Waals surface area contributed by atoms with Crippen molar-refractivity contribution < 1.29 is 29.1 Å². The van der Waals surface area contributed by atoms with Crippen LogP contribution in [0.5, 0.6) is 0 Å². The lowest BCUT2D eigenvalue weighted by Gasteiger charge is -2.53. The van der Waals surface area contributed by atoms with Crippen LogP contribution in [0.25, 0.3) is 0 Å². The fourth-order valence-corrected chi connectivity index (χ4v) is 6.34. The summed E-state index contributed by atoms with van der Waals surface area (Å²) in [6, 6.07) is -0.985. The highest BCUT2D eigenvalue weighted by Crippen LogP contribution is 2.60. The van der Waals surface area contributed by atoms with E-state index >= 15 is 0 Å². The van der Waals surface area contributed by atoms with Gasteiger partial charge in [-0.3, -0.25) is 19.2 Å². The van der Waals surface area contributed by atoms with Crippen molar-refractivity contribution in [2.24, 2.45) is 34.5 Å². The van der Waals surface area contributed by atoms with Crippen molar-refractivity contribution in [3.05, 3.63) is 0 Å². The Balaban J connectivity index is 1.78. The van der Waals surface area contributed by atoms with Crippen LogP contribution in [0.15, 0.2) is 0 Å². The molecule has 7 heteroatoms. The zero-order valence-electron chi connectivity index (χ0n) is 18.3. The summed E-state index contributed by atoms with van der Waals surface area (Å²) in [5.74, 6) is -2.00. The van der Waals surface area contributed by atoms with Crippen LogP contribution in [0.2, 0.25) is 0 Å². The summed E-state index contributed by atoms with van der Waals surface area (Å²) >= 11 is 0. The lowest BCUT2D eigenvalue weighted by atomic mass is 9.48. The highest BCUT2D eigenvalue weighted by molar-refractivity contribution is 5.99. The minimum absolute atomic E-state index is 0.00327. The Morgan fingerprint density at radius 2 is 1.73 bits per heavy atom. The highest BCUT2D eigenvalue weighted by Gasteiger charge is 2.62. The van der Waals surface area contributed by atoms with E-state index in [1.54, 1.807) is 20.8 Å². The molecule has 0 unspecified atom stereocenters. The van der Waals surface area contributed by atoms with Crippen LogP contribution in [-0.2, 0) is 24.0 Å². The molecule has 166 valence electrons. The zero-order valence-corrected chi connectivity index (χ0v) is 18.3.